The number of aromatic nitrogens is 2. The largest absolute Gasteiger partial charge is 0.369 e. The van der Waals surface area contributed by atoms with E-state index in [2.05, 4.69) is 63.1 Å². The summed E-state index contributed by atoms with van der Waals surface area (Å²) in [4.78, 5) is 13.8. The molecule has 0 N–H and O–H groups in total. The summed E-state index contributed by atoms with van der Waals surface area (Å²) in [5, 5.41) is 2.50. The van der Waals surface area contributed by atoms with Crippen molar-refractivity contribution in [3.05, 3.63) is 60.6 Å². The molecule has 0 atom stereocenters. The molecule has 0 radical (unpaired) electrons. The van der Waals surface area contributed by atoms with Crippen molar-refractivity contribution < 1.29 is 0 Å². The van der Waals surface area contributed by atoms with Crippen LogP contribution in [0.25, 0.3) is 10.8 Å². The number of benzene rings is 1. The molecule has 122 valence electrons. The fraction of sp³-hybridized carbons (Fsp3) is 0.300. The lowest BCUT2D eigenvalue weighted by Gasteiger charge is -2.25. The van der Waals surface area contributed by atoms with E-state index in [0.717, 1.165) is 38.4 Å². The fourth-order valence-electron chi connectivity index (χ4n) is 3.55. The summed E-state index contributed by atoms with van der Waals surface area (Å²) in [6, 6.07) is 12.7. The van der Waals surface area contributed by atoms with E-state index in [4.69, 9.17) is 0 Å². The standard InChI is InChI=1S/C20H22N4/c1-16-15-21-9-8-19(16)23-11-4-12-24(14-13-23)20-18-6-3-2-5-17(18)7-10-22-20/h2-3,5-10,15H,4,11-14H2,1H3. The Bertz CT molecular complexity index is 840. The highest BCUT2D eigenvalue weighted by atomic mass is 15.2. The summed E-state index contributed by atoms with van der Waals surface area (Å²) < 4.78 is 0. The van der Waals surface area contributed by atoms with Gasteiger partial charge >= 0.3 is 0 Å². The molecular formula is C20H22N4. The van der Waals surface area contributed by atoms with Crippen LogP contribution < -0.4 is 9.80 Å². The number of anilines is 2. The summed E-state index contributed by atoms with van der Waals surface area (Å²) in [7, 11) is 0. The quantitative estimate of drug-likeness (QED) is 0.722. The van der Waals surface area contributed by atoms with Crippen LogP contribution in [0.5, 0.6) is 0 Å². The first-order valence-electron chi connectivity index (χ1n) is 8.57. The molecule has 1 saturated heterocycles. The highest BCUT2D eigenvalue weighted by Gasteiger charge is 2.18. The molecule has 4 rings (SSSR count). The van der Waals surface area contributed by atoms with Gasteiger partial charge in [0.2, 0.25) is 0 Å². The topological polar surface area (TPSA) is 32.3 Å². The van der Waals surface area contributed by atoms with Gasteiger partial charge in [-0.15, -0.1) is 0 Å². The predicted octanol–water partition coefficient (Wildman–Crippen LogP) is 3.65. The molecule has 4 heteroatoms. The molecule has 4 nitrogen and oxygen atoms in total. The van der Waals surface area contributed by atoms with Crippen LogP contribution in [0, 0.1) is 6.92 Å². The molecule has 1 aliphatic heterocycles. The van der Waals surface area contributed by atoms with Crippen molar-refractivity contribution in [3.63, 3.8) is 0 Å². The number of hydrogen-bond donors (Lipinski definition) is 0. The predicted molar refractivity (Wildman–Crippen MR) is 99.8 cm³/mol. The van der Waals surface area contributed by atoms with Gasteiger partial charge in [0.1, 0.15) is 5.82 Å². The van der Waals surface area contributed by atoms with Crippen LogP contribution in [0.1, 0.15) is 12.0 Å². The summed E-state index contributed by atoms with van der Waals surface area (Å²) >= 11 is 0. The first kappa shape index (κ1) is 14.9. The molecule has 0 bridgehead atoms. The fourth-order valence-corrected chi connectivity index (χ4v) is 3.55. The number of nitrogens with zero attached hydrogens (tertiary/aromatic N) is 4. The second-order valence-electron chi connectivity index (χ2n) is 6.35. The average molecular weight is 318 g/mol. The van der Waals surface area contributed by atoms with Crippen LogP contribution >= 0.6 is 0 Å². The Morgan fingerprint density at radius 3 is 2.62 bits per heavy atom. The zero-order valence-electron chi connectivity index (χ0n) is 14.0. The first-order valence-corrected chi connectivity index (χ1v) is 8.57. The lowest BCUT2D eigenvalue weighted by molar-refractivity contribution is 0.799. The second kappa shape index (κ2) is 6.48. The van der Waals surface area contributed by atoms with E-state index in [1.165, 1.54) is 22.0 Å². The minimum absolute atomic E-state index is 0.989. The van der Waals surface area contributed by atoms with Crippen LogP contribution in [0.4, 0.5) is 11.5 Å². The molecule has 0 aliphatic carbocycles. The zero-order chi connectivity index (χ0) is 16.4. The average Bonchev–Trinajstić information content (AvgIpc) is 2.88. The Hall–Kier alpha value is -2.62. The van der Waals surface area contributed by atoms with Gasteiger partial charge in [-0.1, -0.05) is 24.3 Å². The Labute approximate surface area is 142 Å². The molecule has 3 heterocycles. The molecule has 0 saturated carbocycles. The third-order valence-corrected chi connectivity index (χ3v) is 4.78. The van der Waals surface area contributed by atoms with Gasteiger partial charge in [0, 0.05) is 55.8 Å². The van der Waals surface area contributed by atoms with Crippen LogP contribution in [0.2, 0.25) is 0 Å². The molecule has 24 heavy (non-hydrogen) atoms. The minimum atomic E-state index is 0.989. The molecule has 1 aliphatic rings. The number of hydrogen-bond acceptors (Lipinski definition) is 4. The number of rotatable bonds is 2. The third kappa shape index (κ3) is 2.80. The Morgan fingerprint density at radius 2 is 1.71 bits per heavy atom. The molecule has 3 aromatic rings. The van der Waals surface area contributed by atoms with E-state index in [9.17, 15) is 0 Å². The summed E-state index contributed by atoms with van der Waals surface area (Å²) in [6.07, 6.45) is 6.89. The lowest BCUT2D eigenvalue weighted by Crippen LogP contribution is -2.31. The van der Waals surface area contributed by atoms with E-state index in [1.54, 1.807) is 0 Å². The van der Waals surface area contributed by atoms with E-state index in [-0.39, 0.29) is 0 Å². The maximum absolute atomic E-state index is 4.68. The van der Waals surface area contributed by atoms with E-state index >= 15 is 0 Å². The smallest absolute Gasteiger partial charge is 0.136 e. The van der Waals surface area contributed by atoms with Gasteiger partial charge in [-0.05, 0) is 36.4 Å². The Morgan fingerprint density at radius 1 is 0.875 bits per heavy atom. The number of aryl methyl sites for hydroxylation is 1. The molecule has 1 aromatic carbocycles. The minimum Gasteiger partial charge on any atom is -0.369 e. The van der Waals surface area contributed by atoms with Crippen molar-refractivity contribution in [1.29, 1.82) is 0 Å². The molecule has 1 fully saturated rings. The van der Waals surface area contributed by atoms with Crippen molar-refractivity contribution in [1.82, 2.24) is 9.97 Å². The monoisotopic (exact) mass is 318 g/mol. The summed E-state index contributed by atoms with van der Waals surface area (Å²) in [5.41, 5.74) is 2.55. The third-order valence-electron chi connectivity index (χ3n) is 4.78. The van der Waals surface area contributed by atoms with Gasteiger partial charge < -0.3 is 9.80 Å². The summed E-state index contributed by atoms with van der Waals surface area (Å²) in [6.45, 7) is 6.25. The zero-order valence-corrected chi connectivity index (χ0v) is 14.0. The van der Waals surface area contributed by atoms with E-state index < -0.39 is 0 Å². The van der Waals surface area contributed by atoms with Crippen molar-refractivity contribution >= 4 is 22.3 Å². The van der Waals surface area contributed by atoms with Gasteiger partial charge in [-0.25, -0.2) is 4.98 Å². The lowest BCUT2D eigenvalue weighted by atomic mass is 10.1. The van der Waals surface area contributed by atoms with Crippen molar-refractivity contribution in [3.8, 4) is 0 Å². The van der Waals surface area contributed by atoms with Gasteiger partial charge in [0.25, 0.3) is 0 Å². The van der Waals surface area contributed by atoms with Gasteiger partial charge in [-0.2, -0.15) is 0 Å². The van der Waals surface area contributed by atoms with Gasteiger partial charge in [0.15, 0.2) is 0 Å². The first-order chi connectivity index (χ1) is 11.8. The summed E-state index contributed by atoms with van der Waals surface area (Å²) in [5.74, 6) is 1.11. The van der Waals surface area contributed by atoms with Crippen molar-refractivity contribution in [2.45, 2.75) is 13.3 Å². The maximum atomic E-state index is 4.68. The highest BCUT2D eigenvalue weighted by molar-refractivity contribution is 5.92. The van der Waals surface area contributed by atoms with Gasteiger partial charge in [0.05, 0.1) is 0 Å². The van der Waals surface area contributed by atoms with E-state index in [0.29, 0.717) is 0 Å². The van der Waals surface area contributed by atoms with Gasteiger partial charge in [-0.3, -0.25) is 4.98 Å². The van der Waals surface area contributed by atoms with Crippen molar-refractivity contribution in [2.24, 2.45) is 0 Å². The molecular weight excluding hydrogens is 296 g/mol. The molecule has 0 amide bonds. The Kier molecular flexibility index (Phi) is 4.03. The number of fused-ring (bicyclic) bond motifs is 1. The van der Waals surface area contributed by atoms with Crippen molar-refractivity contribution in [2.75, 3.05) is 36.0 Å². The van der Waals surface area contributed by atoms with E-state index in [1.807, 2.05) is 18.6 Å². The molecule has 2 aromatic heterocycles. The maximum Gasteiger partial charge on any atom is 0.136 e. The second-order valence-corrected chi connectivity index (χ2v) is 6.35. The Balaban J connectivity index is 1.60. The molecule has 0 spiro atoms. The molecule has 0 unspecified atom stereocenters. The van der Waals surface area contributed by atoms with Crippen LogP contribution in [-0.4, -0.2) is 36.1 Å². The highest BCUT2D eigenvalue weighted by Crippen LogP contribution is 2.26. The van der Waals surface area contributed by atoms with Crippen LogP contribution in [0.15, 0.2) is 55.0 Å². The number of pyridine rings is 2. The normalized spacial score (nSPS) is 15.5. The SMILES string of the molecule is Cc1cnccc1N1CCCN(c2nccc3ccccc23)CC1. The van der Waals surface area contributed by atoms with Crippen LogP contribution in [-0.2, 0) is 0 Å². The van der Waals surface area contributed by atoms with Crippen LogP contribution in [0.3, 0.4) is 0 Å².